The molecule has 4 bridgehead atoms. The average molecular weight is 236 g/mol. The fraction of sp³-hybridized carbons (Fsp3) is 0.933. The Kier molecular flexibility index (Phi) is 2.48. The summed E-state index contributed by atoms with van der Waals surface area (Å²) in [5, 5.41) is 0. The zero-order valence-electron chi connectivity index (χ0n) is 10.8. The van der Waals surface area contributed by atoms with Crippen LogP contribution in [0.25, 0.3) is 0 Å². The molecule has 4 aliphatic rings. The smallest absolute Gasteiger partial charge is 0.00184 e. The average Bonchev–Trinajstić information content (AvgIpc) is 2.13. The topological polar surface area (TPSA) is 0 Å². The number of rotatable bonds is 1. The molecular weight excluding hydrogens is 212 g/mol. The molecule has 4 rings (SSSR count). The first-order chi connectivity index (χ1) is 7.45. The van der Waals surface area contributed by atoms with Crippen molar-refractivity contribution in [3.8, 4) is 0 Å². The molecule has 4 fully saturated rings. The van der Waals surface area contributed by atoms with E-state index in [2.05, 4.69) is 20.8 Å². The van der Waals surface area contributed by atoms with E-state index in [-0.39, 0.29) is 5.41 Å². The van der Waals surface area contributed by atoms with E-state index in [0.717, 1.165) is 29.6 Å². The monoisotopic (exact) mass is 236 g/mol. The van der Waals surface area contributed by atoms with Crippen LogP contribution in [-0.4, -0.2) is 4.86 Å². The molecule has 0 N–H and O–H groups in total. The van der Waals surface area contributed by atoms with Crippen molar-refractivity contribution in [1.29, 1.82) is 0 Å². The van der Waals surface area contributed by atoms with Crippen molar-refractivity contribution in [2.45, 2.75) is 52.9 Å². The number of hydrogen-bond acceptors (Lipinski definition) is 1. The highest BCUT2D eigenvalue weighted by Crippen LogP contribution is 2.57. The van der Waals surface area contributed by atoms with Crippen LogP contribution >= 0.6 is 12.2 Å². The van der Waals surface area contributed by atoms with Gasteiger partial charge in [-0.25, -0.2) is 0 Å². The molecule has 0 aromatic heterocycles. The zero-order valence-corrected chi connectivity index (χ0v) is 11.6. The van der Waals surface area contributed by atoms with Crippen molar-refractivity contribution in [3.05, 3.63) is 0 Å². The second-order valence-corrected chi connectivity index (χ2v) is 8.01. The minimum absolute atomic E-state index is 0.245. The van der Waals surface area contributed by atoms with Gasteiger partial charge in [0, 0.05) is 4.86 Å². The third kappa shape index (κ3) is 1.66. The highest BCUT2D eigenvalue weighted by Gasteiger charge is 2.50. The predicted molar refractivity (Wildman–Crippen MR) is 72.6 cm³/mol. The molecule has 90 valence electrons. The Balaban J connectivity index is 1.84. The maximum atomic E-state index is 5.82. The second-order valence-electron chi connectivity index (χ2n) is 7.57. The van der Waals surface area contributed by atoms with Gasteiger partial charge < -0.3 is 0 Å². The Morgan fingerprint density at radius 3 is 1.69 bits per heavy atom. The van der Waals surface area contributed by atoms with E-state index < -0.39 is 0 Å². The van der Waals surface area contributed by atoms with Gasteiger partial charge in [0.1, 0.15) is 0 Å². The molecule has 0 spiro atoms. The third-order valence-electron chi connectivity index (χ3n) is 5.27. The summed E-state index contributed by atoms with van der Waals surface area (Å²) in [5.74, 6) is 4.86. The van der Waals surface area contributed by atoms with Crippen LogP contribution in [0.1, 0.15) is 52.9 Å². The SMILES string of the molecule is CC(C)(C)C(=S)C1C2CC3CC(C2)CC1C3. The quantitative estimate of drug-likeness (QED) is 0.605. The van der Waals surface area contributed by atoms with Crippen molar-refractivity contribution in [3.63, 3.8) is 0 Å². The Morgan fingerprint density at radius 1 is 0.875 bits per heavy atom. The molecule has 0 aliphatic heterocycles. The molecule has 4 aliphatic carbocycles. The Morgan fingerprint density at radius 2 is 1.31 bits per heavy atom. The lowest BCUT2D eigenvalue weighted by molar-refractivity contribution is -0.00982. The molecule has 0 heterocycles. The largest absolute Gasteiger partial charge is 0.0888 e. The van der Waals surface area contributed by atoms with Gasteiger partial charge in [-0.3, -0.25) is 0 Å². The maximum Gasteiger partial charge on any atom is 0.00184 e. The van der Waals surface area contributed by atoms with Crippen LogP contribution in [0, 0.1) is 35.0 Å². The lowest BCUT2D eigenvalue weighted by atomic mass is 9.50. The van der Waals surface area contributed by atoms with E-state index in [1.807, 2.05) is 0 Å². The third-order valence-corrected chi connectivity index (χ3v) is 6.15. The van der Waals surface area contributed by atoms with Gasteiger partial charge in [-0.1, -0.05) is 33.0 Å². The molecule has 0 unspecified atom stereocenters. The first-order valence-electron chi connectivity index (χ1n) is 6.99. The van der Waals surface area contributed by atoms with E-state index in [1.54, 1.807) is 6.42 Å². The summed E-state index contributed by atoms with van der Waals surface area (Å²) in [5.41, 5.74) is 0.245. The van der Waals surface area contributed by atoms with Gasteiger partial charge in [0.2, 0.25) is 0 Å². The summed E-state index contributed by atoms with van der Waals surface area (Å²) in [4.78, 5) is 1.39. The molecule has 16 heavy (non-hydrogen) atoms. The normalized spacial score (nSPS) is 46.1. The summed E-state index contributed by atoms with van der Waals surface area (Å²) in [6.45, 7) is 6.92. The fourth-order valence-electron chi connectivity index (χ4n) is 4.85. The molecule has 0 saturated heterocycles. The van der Waals surface area contributed by atoms with E-state index in [1.165, 1.54) is 30.5 Å². The predicted octanol–water partition coefficient (Wildman–Crippen LogP) is 4.47. The molecule has 0 aromatic carbocycles. The van der Waals surface area contributed by atoms with Crippen molar-refractivity contribution < 1.29 is 0 Å². The van der Waals surface area contributed by atoms with E-state index in [4.69, 9.17) is 12.2 Å². The van der Waals surface area contributed by atoms with Gasteiger partial charge in [-0.05, 0) is 67.1 Å². The summed E-state index contributed by atoms with van der Waals surface area (Å²) >= 11 is 5.82. The first-order valence-corrected chi connectivity index (χ1v) is 7.40. The molecular formula is C15H24S. The highest BCUT2D eigenvalue weighted by molar-refractivity contribution is 7.80. The standard InChI is InChI=1S/C15H24S/c1-15(2,3)14(16)13-11-5-9-4-10(7-11)8-12(13)6-9/h9-13H,4-8H2,1-3H3. The van der Waals surface area contributed by atoms with Crippen molar-refractivity contribution in [2.24, 2.45) is 35.0 Å². The molecule has 0 amide bonds. The zero-order chi connectivity index (χ0) is 11.5. The summed E-state index contributed by atoms with van der Waals surface area (Å²) in [6.07, 6.45) is 7.52. The van der Waals surface area contributed by atoms with Crippen molar-refractivity contribution >= 4 is 17.1 Å². The van der Waals surface area contributed by atoms with Crippen LogP contribution < -0.4 is 0 Å². The molecule has 4 saturated carbocycles. The van der Waals surface area contributed by atoms with Gasteiger partial charge in [0.15, 0.2) is 0 Å². The first kappa shape index (κ1) is 11.2. The molecule has 1 heteroatoms. The van der Waals surface area contributed by atoms with Crippen LogP contribution in [0.4, 0.5) is 0 Å². The van der Waals surface area contributed by atoms with Gasteiger partial charge in [0.05, 0.1) is 0 Å². The molecule has 0 radical (unpaired) electrons. The van der Waals surface area contributed by atoms with Crippen LogP contribution in [0.2, 0.25) is 0 Å². The molecule has 0 nitrogen and oxygen atoms in total. The Bertz CT molecular complexity index is 282. The van der Waals surface area contributed by atoms with E-state index >= 15 is 0 Å². The molecule has 0 atom stereocenters. The lowest BCUT2D eigenvalue weighted by Crippen LogP contribution is -2.49. The van der Waals surface area contributed by atoms with Crippen LogP contribution in [-0.2, 0) is 0 Å². The summed E-state index contributed by atoms with van der Waals surface area (Å²) in [6, 6.07) is 0. The van der Waals surface area contributed by atoms with Crippen LogP contribution in [0.15, 0.2) is 0 Å². The van der Waals surface area contributed by atoms with Gasteiger partial charge in [-0.15, -0.1) is 0 Å². The highest BCUT2D eigenvalue weighted by atomic mass is 32.1. The minimum atomic E-state index is 0.245. The summed E-state index contributed by atoms with van der Waals surface area (Å²) in [7, 11) is 0. The summed E-state index contributed by atoms with van der Waals surface area (Å²) < 4.78 is 0. The van der Waals surface area contributed by atoms with Gasteiger partial charge in [0.25, 0.3) is 0 Å². The fourth-order valence-corrected chi connectivity index (χ4v) is 5.24. The maximum absolute atomic E-state index is 5.82. The van der Waals surface area contributed by atoms with Crippen LogP contribution in [0.5, 0.6) is 0 Å². The minimum Gasteiger partial charge on any atom is -0.0888 e. The van der Waals surface area contributed by atoms with Crippen molar-refractivity contribution in [1.82, 2.24) is 0 Å². The van der Waals surface area contributed by atoms with E-state index in [0.29, 0.717) is 0 Å². The van der Waals surface area contributed by atoms with Crippen molar-refractivity contribution in [2.75, 3.05) is 0 Å². The van der Waals surface area contributed by atoms with Gasteiger partial charge >= 0.3 is 0 Å². The van der Waals surface area contributed by atoms with E-state index in [9.17, 15) is 0 Å². The second kappa shape index (κ2) is 3.54. The number of hydrogen-bond donors (Lipinski definition) is 0. The lowest BCUT2D eigenvalue weighted by Gasteiger charge is -2.55. The number of thiocarbonyl (C=S) groups is 1. The Hall–Kier alpha value is 0.0900. The Labute approximate surface area is 105 Å². The van der Waals surface area contributed by atoms with Gasteiger partial charge in [-0.2, -0.15) is 0 Å². The molecule has 0 aromatic rings. The van der Waals surface area contributed by atoms with Crippen LogP contribution in [0.3, 0.4) is 0 Å².